The van der Waals surface area contributed by atoms with Gasteiger partial charge in [0.05, 0.1) is 11.5 Å². The summed E-state index contributed by atoms with van der Waals surface area (Å²) in [6.07, 6.45) is 0. The van der Waals surface area contributed by atoms with Gasteiger partial charge in [-0.1, -0.05) is 6.07 Å². The molecule has 5 nitrogen and oxygen atoms in total. The first-order valence-corrected chi connectivity index (χ1v) is 7.41. The molecule has 1 amide bonds. The molecular weight excluding hydrogens is 344 g/mol. The van der Waals surface area contributed by atoms with Crippen LogP contribution in [0, 0.1) is 17.0 Å². The van der Waals surface area contributed by atoms with Crippen LogP contribution in [0.15, 0.2) is 34.1 Å². The van der Waals surface area contributed by atoms with Crippen molar-refractivity contribution in [2.24, 2.45) is 0 Å². The molecule has 0 bridgehead atoms. The number of carbonyl (C=O) groups is 1. The third-order valence-electron chi connectivity index (χ3n) is 2.78. The van der Waals surface area contributed by atoms with E-state index in [1.807, 2.05) is 11.4 Å². The highest BCUT2D eigenvalue weighted by Crippen LogP contribution is 2.22. The lowest BCUT2D eigenvalue weighted by atomic mass is 10.1. The van der Waals surface area contributed by atoms with E-state index in [9.17, 15) is 14.9 Å². The quantitative estimate of drug-likeness (QED) is 0.672. The number of carbonyl (C=O) groups excluding carboxylic acids is 1. The molecule has 2 rings (SSSR count). The minimum absolute atomic E-state index is 0.0851. The molecule has 1 aromatic heterocycles. The Kier molecular flexibility index (Phi) is 4.51. The minimum Gasteiger partial charge on any atom is -0.347 e. The van der Waals surface area contributed by atoms with E-state index in [1.165, 1.54) is 23.5 Å². The van der Waals surface area contributed by atoms with Crippen molar-refractivity contribution in [3.63, 3.8) is 0 Å². The molecule has 0 saturated heterocycles. The lowest BCUT2D eigenvalue weighted by Crippen LogP contribution is -2.23. The maximum atomic E-state index is 12.1. The second-order valence-corrected chi connectivity index (χ2v) is 5.99. The number of hydrogen-bond acceptors (Lipinski definition) is 4. The lowest BCUT2D eigenvalue weighted by Gasteiger charge is -2.07. The van der Waals surface area contributed by atoms with Crippen LogP contribution in [-0.4, -0.2) is 10.8 Å². The minimum atomic E-state index is -0.508. The van der Waals surface area contributed by atoms with Crippen LogP contribution in [0.25, 0.3) is 0 Å². The van der Waals surface area contributed by atoms with Crippen molar-refractivity contribution in [2.75, 3.05) is 0 Å². The number of nitro groups is 1. The number of hydrogen-bond donors (Lipinski definition) is 1. The highest BCUT2D eigenvalue weighted by Gasteiger charge is 2.14. The third kappa shape index (κ3) is 3.23. The molecule has 104 valence electrons. The van der Waals surface area contributed by atoms with Gasteiger partial charge < -0.3 is 5.32 Å². The van der Waals surface area contributed by atoms with Gasteiger partial charge in [0.1, 0.15) is 0 Å². The Balaban J connectivity index is 2.15. The number of aryl methyl sites for hydroxylation is 1. The van der Waals surface area contributed by atoms with Crippen LogP contribution in [0.3, 0.4) is 0 Å². The summed E-state index contributed by atoms with van der Waals surface area (Å²) >= 11 is 4.92. The second kappa shape index (κ2) is 6.15. The van der Waals surface area contributed by atoms with Gasteiger partial charge in [-0.25, -0.2) is 0 Å². The predicted octanol–water partition coefficient (Wildman–Crippen LogP) is 3.66. The molecule has 20 heavy (non-hydrogen) atoms. The molecule has 0 aliphatic rings. The molecule has 0 spiro atoms. The first-order chi connectivity index (χ1) is 9.49. The molecule has 1 N–H and O–H groups in total. The van der Waals surface area contributed by atoms with E-state index in [2.05, 4.69) is 21.2 Å². The maximum Gasteiger partial charge on any atom is 0.270 e. The Morgan fingerprint density at radius 3 is 2.80 bits per heavy atom. The molecule has 0 aliphatic carbocycles. The number of amides is 1. The summed E-state index contributed by atoms with van der Waals surface area (Å²) in [5, 5.41) is 15.4. The van der Waals surface area contributed by atoms with Gasteiger partial charge in [-0.15, -0.1) is 11.3 Å². The van der Waals surface area contributed by atoms with Gasteiger partial charge in [0, 0.05) is 27.0 Å². The molecule has 0 radical (unpaired) electrons. The van der Waals surface area contributed by atoms with Gasteiger partial charge in [-0.3, -0.25) is 14.9 Å². The van der Waals surface area contributed by atoms with Crippen molar-refractivity contribution in [3.8, 4) is 0 Å². The molecule has 2 aromatic rings. The topological polar surface area (TPSA) is 72.2 Å². The standard InChI is InChI=1S/C13H11BrN2O3S/c1-8-2-3-9(16(18)19)6-10(8)13(17)15-7-12-11(14)4-5-20-12/h2-6H,7H2,1H3,(H,15,17). The van der Waals surface area contributed by atoms with Gasteiger partial charge in [-0.2, -0.15) is 0 Å². The van der Waals surface area contributed by atoms with Gasteiger partial charge in [-0.05, 0) is 39.9 Å². The van der Waals surface area contributed by atoms with Gasteiger partial charge in [0.15, 0.2) is 0 Å². The average molecular weight is 355 g/mol. The highest BCUT2D eigenvalue weighted by molar-refractivity contribution is 9.10. The molecule has 7 heteroatoms. The lowest BCUT2D eigenvalue weighted by molar-refractivity contribution is -0.384. The highest BCUT2D eigenvalue weighted by atomic mass is 79.9. The van der Waals surface area contributed by atoms with Gasteiger partial charge in [0.2, 0.25) is 0 Å². The zero-order valence-electron chi connectivity index (χ0n) is 10.6. The number of thiophene rings is 1. The number of nitrogens with zero attached hydrogens (tertiary/aromatic N) is 1. The van der Waals surface area contributed by atoms with E-state index >= 15 is 0 Å². The van der Waals surface area contributed by atoms with Crippen LogP contribution in [0.5, 0.6) is 0 Å². The fraction of sp³-hybridized carbons (Fsp3) is 0.154. The number of nitro benzene ring substituents is 1. The molecule has 0 unspecified atom stereocenters. The van der Waals surface area contributed by atoms with Crippen molar-refractivity contribution in [3.05, 3.63) is 60.2 Å². The number of rotatable bonds is 4. The maximum absolute atomic E-state index is 12.1. The van der Waals surface area contributed by atoms with Crippen molar-refractivity contribution < 1.29 is 9.72 Å². The van der Waals surface area contributed by atoms with Crippen LogP contribution in [0.1, 0.15) is 20.8 Å². The first-order valence-electron chi connectivity index (χ1n) is 5.74. The van der Waals surface area contributed by atoms with Crippen LogP contribution < -0.4 is 5.32 Å². The van der Waals surface area contributed by atoms with Crippen LogP contribution in [0.4, 0.5) is 5.69 Å². The van der Waals surface area contributed by atoms with Crippen LogP contribution in [-0.2, 0) is 6.54 Å². The number of non-ortho nitro benzene ring substituents is 1. The number of nitrogens with one attached hydrogen (secondary N) is 1. The van der Waals surface area contributed by atoms with E-state index in [0.717, 1.165) is 9.35 Å². The van der Waals surface area contributed by atoms with Crippen molar-refractivity contribution >= 4 is 38.9 Å². The van der Waals surface area contributed by atoms with Gasteiger partial charge >= 0.3 is 0 Å². The molecular formula is C13H11BrN2O3S. The average Bonchev–Trinajstić information content (AvgIpc) is 2.81. The summed E-state index contributed by atoms with van der Waals surface area (Å²) in [5.74, 6) is -0.313. The van der Waals surface area contributed by atoms with Crippen molar-refractivity contribution in [1.29, 1.82) is 0 Å². The zero-order chi connectivity index (χ0) is 14.7. The normalized spacial score (nSPS) is 10.3. The van der Waals surface area contributed by atoms with E-state index in [1.54, 1.807) is 13.0 Å². The van der Waals surface area contributed by atoms with Crippen LogP contribution >= 0.6 is 27.3 Å². The third-order valence-corrected chi connectivity index (χ3v) is 4.70. The smallest absolute Gasteiger partial charge is 0.270 e. The van der Waals surface area contributed by atoms with Crippen molar-refractivity contribution in [2.45, 2.75) is 13.5 Å². The Hall–Kier alpha value is -1.73. The first kappa shape index (κ1) is 14.7. The molecule has 0 fully saturated rings. The molecule has 0 saturated carbocycles. The fourth-order valence-corrected chi connectivity index (χ4v) is 3.11. The Labute approximate surface area is 127 Å². The monoisotopic (exact) mass is 354 g/mol. The second-order valence-electron chi connectivity index (χ2n) is 4.13. The summed E-state index contributed by atoms with van der Waals surface area (Å²) in [6, 6.07) is 6.18. The van der Waals surface area contributed by atoms with E-state index < -0.39 is 4.92 Å². The molecule has 0 aliphatic heterocycles. The number of halogens is 1. The SMILES string of the molecule is Cc1ccc([N+](=O)[O-])cc1C(=O)NCc1sccc1Br. The Morgan fingerprint density at radius 2 is 2.20 bits per heavy atom. The van der Waals surface area contributed by atoms with Gasteiger partial charge in [0.25, 0.3) is 11.6 Å². The van der Waals surface area contributed by atoms with Crippen molar-refractivity contribution in [1.82, 2.24) is 5.32 Å². The summed E-state index contributed by atoms with van der Waals surface area (Å²) in [6.45, 7) is 2.14. The summed E-state index contributed by atoms with van der Waals surface area (Å²) < 4.78 is 0.943. The Bertz CT molecular complexity index is 669. The summed E-state index contributed by atoms with van der Waals surface area (Å²) in [4.78, 5) is 23.3. The van der Waals surface area contributed by atoms with E-state index in [-0.39, 0.29) is 11.6 Å². The predicted molar refractivity (Wildman–Crippen MR) is 81.0 cm³/mol. The number of benzene rings is 1. The summed E-state index contributed by atoms with van der Waals surface area (Å²) in [7, 11) is 0. The molecule has 0 atom stereocenters. The zero-order valence-corrected chi connectivity index (χ0v) is 13.0. The molecule has 1 heterocycles. The van der Waals surface area contributed by atoms with E-state index in [0.29, 0.717) is 17.7 Å². The Morgan fingerprint density at radius 1 is 1.45 bits per heavy atom. The van der Waals surface area contributed by atoms with E-state index in [4.69, 9.17) is 0 Å². The largest absolute Gasteiger partial charge is 0.347 e. The van der Waals surface area contributed by atoms with Crippen LogP contribution in [0.2, 0.25) is 0 Å². The fourth-order valence-electron chi connectivity index (χ4n) is 1.68. The molecule has 1 aromatic carbocycles. The summed E-state index contributed by atoms with van der Waals surface area (Å²) in [5.41, 5.74) is 0.947.